The van der Waals surface area contributed by atoms with Gasteiger partial charge < -0.3 is 14.6 Å². The summed E-state index contributed by atoms with van der Waals surface area (Å²) in [6.45, 7) is 0.484. The summed E-state index contributed by atoms with van der Waals surface area (Å²) in [5.74, 6) is 0.178. The number of carbonyl (C=O) groups is 1. The number of carboxylic acid groups (broad SMARTS) is 1. The first kappa shape index (κ1) is 18.8. The molecule has 3 aromatic rings. The fraction of sp³-hybridized carbons (Fsp3) is 0.136. The molecule has 27 heavy (non-hydrogen) atoms. The molecule has 1 unspecified atom stereocenters. The predicted molar refractivity (Wildman–Crippen MR) is 104 cm³/mol. The minimum atomic E-state index is -1.02. The van der Waals surface area contributed by atoms with Crippen molar-refractivity contribution in [2.45, 2.75) is 19.1 Å². The van der Waals surface area contributed by atoms with Gasteiger partial charge in [0.2, 0.25) is 0 Å². The molecule has 0 aliphatic heterocycles. The summed E-state index contributed by atoms with van der Waals surface area (Å²) >= 11 is 5.84. The Bertz CT molecular complexity index is 861. The third-order valence-corrected chi connectivity index (χ3v) is 4.21. The zero-order valence-electron chi connectivity index (χ0n) is 14.5. The molecule has 138 valence electrons. The molecule has 3 aromatic carbocycles. The van der Waals surface area contributed by atoms with Crippen molar-refractivity contribution in [3.8, 4) is 11.5 Å². The molecule has 3 rings (SSSR count). The lowest BCUT2D eigenvalue weighted by molar-refractivity contribution is -0.145. The highest BCUT2D eigenvalue weighted by Crippen LogP contribution is 2.20. The number of hydrogen-bond acceptors (Lipinski definition) is 3. The normalized spacial score (nSPS) is 11.6. The van der Waals surface area contributed by atoms with Crippen LogP contribution in [0.5, 0.6) is 11.5 Å². The summed E-state index contributed by atoms with van der Waals surface area (Å²) in [5.41, 5.74) is 1.94. The molecule has 0 aliphatic rings. The lowest BCUT2D eigenvalue weighted by atomic mass is 10.1. The maximum Gasteiger partial charge on any atom is 0.345 e. The highest BCUT2D eigenvalue weighted by molar-refractivity contribution is 6.30. The summed E-state index contributed by atoms with van der Waals surface area (Å²) in [4.78, 5) is 11.5. The van der Waals surface area contributed by atoms with Crippen LogP contribution in [0.2, 0.25) is 5.02 Å². The van der Waals surface area contributed by atoms with Gasteiger partial charge in [-0.05, 0) is 47.5 Å². The fourth-order valence-corrected chi connectivity index (χ4v) is 2.66. The van der Waals surface area contributed by atoms with Gasteiger partial charge in [-0.25, -0.2) is 4.79 Å². The molecule has 5 heteroatoms. The summed E-state index contributed by atoms with van der Waals surface area (Å²) < 4.78 is 11.3. The molecular formula is C22H19ClO4. The Balaban J connectivity index is 1.59. The van der Waals surface area contributed by atoms with E-state index in [1.165, 1.54) is 0 Å². The van der Waals surface area contributed by atoms with Gasteiger partial charge in [0, 0.05) is 11.4 Å². The largest absolute Gasteiger partial charge is 0.489 e. The van der Waals surface area contributed by atoms with Gasteiger partial charge in [0.05, 0.1) is 0 Å². The van der Waals surface area contributed by atoms with E-state index in [9.17, 15) is 9.90 Å². The minimum Gasteiger partial charge on any atom is -0.489 e. The van der Waals surface area contributed by atoms with Gasteiger partial charge in [-0.1, -0.05) is 54.1 Å². The smallest absolute Gasteiger partial charge is 0.345 e. The SMILES string of the molecule is O=C(O)C(Cc1ccc(OCc2ccccc2)cc1)Oc1ccc(Cl)cc1. The number of hydrogen-bond donors (Lipinski definition) is 1. The average Bonchev–Trinajstić information content (AvgIpc) is 2.69. The second kappa shape index (κ2) is 9.10. The van der Waals surface area contributed by atoms with Crippen molar-refractivity contribution in [1.82, 2.24) is 0 Å². The molecule has 0 bridgehead atoms. The van der Waals surface area contributed by atoms with Gasteiger partial charge in [-0.15, -0.1) is 0 Å². The zero-order chi connectivity index (χ0) is 19.1. The van der Waals surface area contributed by atoms with Crippen molar-refractivity contribution < 1.29 is 19.4 Å². The number of carboxylic acids is 1. The Morgan fingerprint density at radius 3 is 2.11 bits per heavy atom. The molecule has 0 fully saturated rings. The van der Waals surface area contributed by atoms with Crippen molar-refractivity contribution >= 4 is 17.6 Å². The van der Waals surface area contributed by atoms with Crippen LogP contribution in [0.25, 0.3) is 0 Å². The van der Waals surface area contributed by atoms with Crippen LogP contribution in [0.3, 0.4) is 0 Å². The highest BCUT2D eigenvalue weighted by atomic mass is 35.5. The van der Waals surface area contributed by atoms with Crippen LogP contribution in [0.1, 0.15) is 11.1 Å². The van der Waals surface area contributed by atoms with Crippen molar-refractivity contribution in [2.75, 3.05) is 0 Å². The molecule has 0 radical (unpaired) electrons. The second-order valence-electron chi connectivity index (χ2n) is 6.02. The molecule has 1 N–H and O–H groups in total. The monoisotopic (exact) mass is 382 g/mol. The molecule has 0 heterocycles. The first-order chi connectivity index (χ1) is 13.1. The fourth-order valence-electron chi connectivity index (χ4n) is 2.53. The van der Waals surface area contributed by atoms with Crippen LogP contribution in [0.15, 0.2) is 78.9 Å². The molecule has 1 atom stereocenters. The molecule has 0 saturated carbocycles. The van der Waals surface area contributed by atoms with E-state index in [-0.39, 0.29) is 6.42 Å². The molecule has 0 amide bonds. The average molecular weight is 383 g/mol. The minimum absolute atomic E-state index is 0.247. The van der Waals surface area contributed by atoms with Crippen LogP contribution in [-0.4, -0.2) is 17.2 Å². The quantitative estimate of drug-likeness (QED) is 0.596. The van der Waals surface area contributed by atoms with Crippen LogP contribution < -0.4 is 9.47 Å². The van der Waals surface area contributed by atoms with Crippen LogP contribution in [0, 0.1) is 0 Å². The molecule has 0 aromatic heterocycles. The van der Waals surface area contributed by atoms with E-state index < -0.39 is 12.1 Å². The molecule has 0 spiro atoms. The van der Waals surface area contributed by atoms with Crippen LogP contribution >= 0.6 is 11.6 Å². The zero-order valence-corrected chi connectivity index (χ0v) is 15.3. The van der Waals surface area contributed by atoms with E-state index in [4.69, 9.17) is 21.1 Å². The molecule has 4 nitrogen and oxygen atoms in total. The van der Waals surface area contributed by atoms with Crippen molar-refractivity contribution in [1.29, 1.82) is 0 Å². The van der Waals surface area contributed by atoms with Gasteiger partial charge in [0.25, 0.3) is 0 Å². The Kier molecular flexibility index (Phi) is 6.34. The predicted octanol–water partition coefficient (Wildman–Crippen LogP) is 4.99. The second-order valence-corrected chi connectivity index (χ2v) is 6.46. The molecule has 0 saturated heterocycles. The maximum absolute atomic E-state index is 11.5. The first-order valence-electron chi connectivity index (χ1n) is 8.51. The topological polar surface area (TPSA) is 55.8 Å². The molecule has 0 aliphatic carbocycles. The summed E-state index contributed by atoms with van der Waals surface area (Å²) in [6, 6.07) is 23.9. The third kappa shape index (κ3) is 5.76. The Morgan fingerprint density at radius 1 is 0.852 bits per heavy atom. The Hall–Kier alpha value is -2.98. The standard InChI is InChI=1S/C22H19ClO4/c23-18-8-12-20(13-9-18)27-21(22(24)25)14-16-6-10-19(11-7-16)26-15-17-4-2-1-3-5-17/h1-13,21H,14-15H2,(H,24,25). The van der Waals surface area contributed by atoms with Crippen LogP contribution in [-0.2, 0) is 17.8 Å². The Labute approximate surface area is 162 Å². The van der Waals surface area contributed by atoms with Gasteiger partial charge in [-0.2, -0.15) is 0 Å². The van der Waals surface area contributed by atoms with Crippen molar-refractivity contribution in [3.05, 3.63) is 95.0 Å². The van der Waals surface area contributed by atoms with E-state index in [1.807, 2.05) is 54.6 Å². The lowest BCUT2D eigenvalue weighted by Gasteiger charge is -2.15. The van der Waals surface area contributed by atoms with Crippen LogP contribution in [0.4, 0.5) is 0 Å². The number of benzene rings is 3. The highest BCUT2D eigenvalue weighted by Gasteiger charge is 2.20. The maximum atomic E-state index is 11.5. The van der Waals surface area contributed by atoms with Crippen molar-refractivity contribution in [3.63, 3.8) is 0 Å². The van der Waals surface area contributed by atoms with E-state index >= 15 is 0 Å². The summed E-state index contributed by atoms with van der Waals surface area (Å²) in [5, 5.41) is 10.0. The van der Waals surface area contributed by atoms with E-state index in [1.54, 1.807) is 24.3 Å². The number of rotatable bonds is 8. The van der Waals surface area contributed by atoms with E-state index in [0.717, 1.165) is 16.9 Å². The van der Waals surface area contributed by atoms with Gasteiger partial charge in [0.1, 0.15) is 18.1 Å². The summed E-state index contributed by atoms with van der Waals surface area (Å²) in [6.07, 6.45) is -0.737. The summed E-state index contributed by atoms with van der Waals surface area (Å²) in [7, 11) is 0. The molecular weight excluding hydrogens is 364 g/mol. The van der Waals surface area contributed by atoms with Gasteiger partial charge >= 0.3 is 5.97 Å². The van der Waals surface area contributed by atoms with E-state index in [2.05, 4.69) is 0 Å². The lowest BCUT2D eigenvalue weighted by Crippen LogP contribution is -2.29. The van der Waals surface area contributed by atoms with Gasteiger partial charge in [0.15, 0.2) is 6.10 Å². The Morgan fingerprint density at radius 2 is 1.48 bits per heavy atom. The number of ether oxygens (including phenoxy) is 2. The first-order valence-corrected chi connectivity index (χ1v) is 8.88. The van der Waals surface area contributed by atoms with Gasteiger partial charge in [-0.3, -0.25) is 0 Å². The number of aliphatic carboxylic acids is 1. The third-order valence-electron chi connectivity index (χ3n) is 3.96. The number of halogens is 1. The van der Waals surface area contributed by atoms with Crippen molar-refractivity contribution in [2.24, 2.45) is 0 Å². The van der Waals surface area contributed by atoms with E-state index in [0.29, 0.717) is 17.4 Å².